The molecule has 0 saturated heterocycles. The molecule has 0 bridgehead atoms. The van der Waals surface area contributed by atoms with Gasteiger partial charge in [0.15, 0.2) is 0 Å². The first-order valence-electron chi connectivity index (χ1n) is 6.20. The summed E-state index contributed by atoms with van der Waals surface area (Å²) >= 11 is 0. The van der Waals surface area contributed by atoms with Crippen molar-refractivity contribution in [1.82, 2.24) is 5.32 Å². The molecule has 2 aromatic carbocycles. The summed E-state index contributed by atoms with van der Waals surface area (Å²) in [4.78, 5) is 0. The van der Waals surface area contributed by atoms with Crippen molar-refractivity contribution in [3.8, 4) is 0 Å². The third kappa shape index (κ3) is 2.86. The van der Waals surface area contributed by atoms with Crippen LogP contribution in [-0.4, -0.2) is 5.54 Å². The maximum absolute atomic E-state index is 3.57. The van der Waals surface area contributed by atoms with E-state index >= 15 is 0 Å². The minimum absolute atomic E-state index is 0.156. The maximum atomic E-state index is 3.57. The first-order chi connectivity index (χ1) is 7.97. The van der Waals surface area contributed by atoms with Crippen LogP contribution in [0.15, 0.2) is 36.4 Å². The van der Waals surface area contributed by atoms with Crippen molar-refractivity contribution < 1.29 is 0 Å². The fourth-order valence-corrected chi connectivity index (χ4v) is 2.03. The van der Waals surface area contributed by atoms with Crippen LogP contribution in [0.5, 0.6) is 0 Å². The average Bonchev–Trinajstić information content (AvgIpc) is 2.26. The summed E-state index contributed by atoms with van der Waals surface area (Å²) < 4.78 is 0. The molecule has 0 spiro atoms. The van der Waals surface area contributed by atoms with Gasteiger partial charge < -0.3 is 5.32 Å². The van der Waals surface area contributed by atoms with Gasteiger partial charge in [0.2, 0.25) is 0 Å². The van der Waals surface area contributed by atoms with Crippen LogP contribution >= 0.6 is 0 Å². The van der Waals surface area contributed by atoms with Gasteiger partial charge in [-0.1, -0.05) is 36.4 Å². The van der Waals surface area contributed by atoms with Crippen LogP contribution in [0.4, 0.5) is 0 Å². The molecule has 0 aromatic heterocycles. The Morgan fingerprint density at radius 3 is 2.41 bits per heavy atom. The highest BCUT2D eigenvalue weighted by molar-refractivity contribution is 5.86. The van der Waals surface area contributed by atoms with Crippen molar-refractivity contribution >= 4 is 10.8 Å². The van der Waals surface area contributed by atoms with E-state index in [-0.39, 0.29) is 5.54 Å². The number of nitrogens with one attached hydrogen (secondary N) is 1. The van der Waals surface area contributed by atoms with Gasteiger partial charge in [0, 0.05) is 12.1 Å². The Morgan fingerprint density at radius 2 is 1.71 bits per heavy atom. The van der Waals surface area contributed by atoms with Gasteiger partial charge in [0.1, 0.15) is 0 Å². The summed E-state index contributed by atoms with van der Waals surface area (Å²) in [5.74, 6) is 0. The van der Waals surface area contributed by atoms with Crippen LogP contribution in [0.3, 0.4) is 0 Å². The standard InChI is InChI=1S/C16H21N/c1-12-9-10-13-7-5-6-8-14(13)15(12)11-17-16(2,3)4/h5-10,17H,11H2,1-4H3. The maximum Gasteiger partial charge on any atom is 0.0219 e. The molecule has 0 aliphatic heterocycles. The van der Waals surface area contributed by atoms with E-state index in [0.29, 0.717) is 0 Å². The lowest BCUT2D eigenvalue weighted by atomic mass is 9.98. The molecular weight excluding hydrogens is 206 g/mol. The van der Waals surface area contributed by atoms with Gasteiger partial charge in [-0.2, -0.15) is 0 Å². The number of aryl methyl sites for hydroxylation is 1. The first kappa shape index (κ1) is 12.1. The molecule has 2 aromatic rings. The molecule has 1 heteroatoms. The minimum Gasteiger partial charge on any atom is -0.308 e. The lowest BCUT2D eigenvalue weighted by Crippen LogP contribution is -2.35. The van der Waals surface area contributed by atoms with E-state index in [4.69, 9.17) is 0 Å². The highest BCUT2D eigenvalue weighted by atomic mass is 14.9. The van der Waals surface area contributed by atoms with Crippen LogP contribution in [0.2, 0.25) is 0 Å². The zero-order chi connectivity index (χ0) is 12.5. The Kier molecular flexibility index (Phi) is 3.21. The fraction of sp³-hybridized carbons (Fsp3) is 0.375. The van der Waals surface area contributed by atoms with Gasteiger partial charge in [0.05, 0.1) is 0 Å². The number of benzene rings is 2. The lowest BCUT2D eigenvalue weighted by molar-refractivity contribution is 0.424. The molecule has 0 unspecified atom stereocenters. The molecule has 0 saturated carbocycles. The van der Waals surface area contributed by atoms with Crippen molar-refractivity contribution in [2.75, 3.05) is 0 Å². The van der Waals surface area contributed by atoms with E-state index < -0.39 is 0 Å². The van der Waals surface area contributed by atoms with Crippen LogP contribution in [0, 0.1) is 6.92 Å². The third-order valence-electron chi connectivity index (χ3n) is 3.07. The molecule has 90 valence electrons. The van der Waals surface area contributed by atoms with E-state index in [1.807, 2.05) is 0 Å². The van der Waals surface area contributed by atoms with E-state index in [1.54, 1.807) is 0 Å². The van der Waals surface area contributed by atoms with Gasteiger partial charge >= 0.3 is 0 Å². The third-order valence-corrected chi connectivity index (χ3v) is 3.07. The summed E-state index contributed by atoms with van der Waals surface area (Å²) in [6.07, 6.45) is 0. The van der Waals surface area contributed by atoms with Gasteiger partial charge in [-0.05, 0) is 49.6 Å². The predicted molar refractivity (Wildman–Crippen MR) is 75.3 cm³/mol. The Labute approximate surface area is 104 Å². The van der Waals surface area contributed by atoms with Crippen molar-refractivity contribution in [3.05, 3.63) is 47.5 Å². The largest absolute Gasteiger partial charge is 0.308 e. The molecular formula is C16H21N. The Balaban J connectivity index is 2.41. The summed E-state index contributed by atoms with van der Waals surface area (Å²) in [5.41, 5.74) is 2.93. The molecule has 1 N–H and O–H groups in total. The molecule has 1 nitrogen and oxygen atoms in total. The second kappa shape index (κ2) is 4.50. The smallest absolute Gasteiger partial charge is 0.0219 e. The van der Waals surface area contributed by atoms with Gasteiger partial charge in [0.25, 0.3) is 0 Å². The zero-order valence-electron chi connectivity index (χ0n) is 11.2. The normalized spacial score (nSPS) is 12.0. The Bertz CT molecular complexity index is 521. The molecule has 0 fully saturated rings. The second-order valence-electron chi connectivity index (χ2n) is 5.69. The van der Waals surface area contributed by atoms with Gasteiger partial charge in [-0.15, -0.1) is 0 Å². The van der Waals surface area contributed by atoms with Gasteiger partial charge in [-0.3, -0.25) is 0 Å². The zero-order valence-corrected chi connectivity index (χ0v) is 11.2. The van der Waals surface area contributed by atoms with Crippen molar-refractivity contribution in [2.45, 2.75) is 39.8 Å². The van der Waals surface area contributed by atoms with E-state index in [1.165, 1.54) is 21.9 Å². The number of hydrogen-bond donors (Lipinski definition) is 1. The highest BCUT2D eigenvalue weighted by Crippen LogP contribution is 2.22. The van der Waals surface area contributed by atoms with Crippen LogP contribution < -0.4 is 5.32 Å². The average molecular weight is 227 g/mol. The number of hydrogen-bond acceptors (Lipinski definition) is 1. The molecule has 0 atom stereocenters. The van der Waals surface area contributed by atoms with Crippen molar-refractivity contribution in [2.24, 2.45) is 0 Å². The number of rotatable bonds is 2. The van der Waals surface area contributed by atoms with Crippen LogP contribution in [0.1, 0.15) is 31.9 Å². The molecule has 0 aliphatic carbocycles. The fourth-order valence-electron chi connectivity index (χ4n) is 2.03. The Hall–Kier alpha value is -1.34. The lowest BCUT2D eigenvalue weighted by Gasteiger charge is -2.22. The van der Waals surface area contributed by atoms with Crippen LogP contribution in [0.25, 0.3) is 10.8 Å². The van der Waals surface area contributed by atoms with E-state index in [2.05, 4.69) is 69.4 Å². The molecule has 0 radical (unpaired) electrons. The first-order valence-corrected chi connectivity index (χ1v) is 6.20. The molecule has 17 heavy (non-hydrogen) atoms. The summed E-state index contributed by atoms with van der Waals surface area (Å²) in [6.45, 7) is 9.72. The molecule has 2 rings (SSSR count). The summed E-state index contributed by atoms with van der Waals surface area (Å²) in [6, 6.07) is 13.0. The molecule has 0 aliphatic rings. The number of fused-ring (bicyclic) bond motifs is 1. The van der Waals surface area contributed by atoms with Crippen molar-refractivity contribution in [3.63, 3.8) is 0 Å². The monoisotopic (exact) mass is 227 g/mol. The molecule has 0 heterocycles. The second-order valence-corrected chi connectivity index (χ2v) is 5.69. The summed E-state index contributed by atoms with van der Waals surface area (Å²) in [5, 5.41) is 6.26. The minimum atomic E-state index is 0.156. The highest BCUT2D eigenvalue weighted by Gasteiger charge is 2.11. The summed E-state index contributed by atoms with van der Waals surface area (Å²) in [7, 11) is 0. The predicted octanol–water partition coefficient (Wildman–Crippen LogP) is 4.04. The van der Waals surface area contributed by atoms with E-state index in [0.717, 1.165) is 6.54 Å². The quantitative estimate of drug-likeness (QED) is 0.816. The van der Waals surface area contributed by atoms with E-state index in [9.17, 15) is 0 Å². The molecule has 0 amide bonds. The Morgan fingerprint density at radius 1 is 1.00 bits per heavy atom. The SMILES string of the molecule is Cc1ccc2ccccc2c1CNC(C)(C)C. The van der Waals surface area contributed by atoms with Gasteiger partial charge in [-0.25, -0.2) is 0 Å². The van der Waals surface area contributed by atoms with Crippen molar-refractivity contribution in [1.29, 1.82) is 0 Å². The van der Waals surface area contributed by atoms with Crippen LogP contribution in [-0.2, 0) is 6.54 Å². The topological polar surface area (TPSA) is 12.0 Å².